The molecule has 0 saturated carbocycles. The summed E-state index contributed by atoms with van der Waals surface area (Å²) in [5.41, 5.74) is 1.01. The molecule has 6 nitrogen and oxygen atoms in total. The average Bonchev–Trinajstić information content (AvgIpc) is 2.71. The summed E-state index contributed by atoms with van der Waals surface area (Å²) in [7, 11) is 0. The second-order valence-electron chi connectivity index (χ2n) is 7.01. The van der Waals surface area contributed by atoms with E-state index in [0.717, 1.165) is 37.2 Å². The second-order valence-corrected chi connectivity index (χ2v) is 7.01. The van der Waals surface area contributed by atoms with Gasteiger partial charge in [-0.2, -0.15) is 0 Å². The molecule has 1 atom stereocenters. The van der Waals surface area contributed by atoms with E-state index in [0.29, 0.717) is 38.1 Å². The Morgan fingerprint density at radius 2 is 2.14 bits per heavy atom. The molecule has 1 fully saturated rings. The number of hydrogen-bond acceptors (Lipinski definition) is 3. The van der Waals surface area contributed by atoms with Crippen molar-refractivity contribution >= 4 is 35.8 Å². The minimum absolute atomic E-state index is 0. The van der Waals surface area contributed by atoms with Crippen molar-refractivity contribution in [2.45, 2.75) is 52.1 Å². The van der Waals surface area contributed by atoms with Crippen molar-refractivity contribution in [2.24, 2.45) is 4.99 Å². The number of benzene rings is 1. The molecule has 1 unspecified atom stereocenters. The van der Waals surface area contributed by atoms with Gasteiger partial charge in [-0.3, -0.25) is 4.79 Å². The Morgan fingerprint density at radius 3 is 2.86 bits per heavy atom. The normalized spacial score (nSPS) is 16.6. The predicted molar refractivity (Wildman–Crippen MR) is 130 cm³/mol. The number of nitrogens with one attached hydrogen (secondary N) is 2. The highest BCUT2D eigenvalue weighted by molar-refractivity contribution is 14.0. The maximum Gasteiger partial charge on any atom is 0.224 e. The zero-order valence-corrected chi connectivity index (χ0v) is 20.0. The zero-order valence-electron chi connectivity index (χ0n) is 17.7. The molecule has 162 valence electrons. The van der Waals surface area contributed by atoms with E-state index in [4.69, 9.17) is 4.74 Å². The van der Waals surface area contributed by atoms with Gasteiger partial charge < -0.3 is 20.3 Å². The molecular formula is C22H35IN4O2. The number of para-hydroxylation sites is 1. The van der Waals surface area contributed by atoms with Gasteiger partial charge in [0.25, 0.3) is 0 Å². The lowest BCUT2D eigenvalue weighted by Gasteiger charge is -2.33. The Balaban J connectivity index is 0.00000420. The number of hydrogen-bond donors (Lipinski definition) is 2. The van der Waals surface area contributed by atoms with Gasteiger partial charge in [-0.1, -0.05) is 30.9 Å². The van der Waals surface area contributed by atoms with E-state index < -0.39 is 0 Å². The van der Waals surface area contributed by atoms with Crippen molar-refractivity contribution in [1.29, 1.82) is 0 Å². The second kappa shape index (κ2) is 14.3. The molecule has 7 heteroatoms. The fraction of sp³-hybridized carbons (Fsp3) is 0.545. The van der Waals surface area contributed by atoms with Crippen molar-refractivity contribution in [3.63, 3.8) is 0 Å². The molecule has 1 heterocycles. The Morgan fingerprint density at radius 1 is 1.34 bits per heavy atom. The Bertz CT molecular complexity index is 666. The van der Waals surface area contributed by atoms with E-state index in [2.05, 4.69) is 29.1 Å². The molecule has 1 saturated heterocycles. The van der Waals surface area contributed by atoms with E-state index in [1.807, 2.05) is 36.1 Å². The van der Waals surface area contributed by atoms with E-state index in [9.17, 15) is 4.79 Å². The van der Waals surface area contributed by atoms with Crippen molar-refractivity contribution in [1.82, 2.24) is 15.5 Å². The molecular weight excluding hydrogens is 479 g/mol. The van der Waals surface area contributed by atoms with Crippen LogP contribution in [0.4, 0.5) is 0 Å². The summed E-state index contributed by atoms with van der Waals surface area (Å²) in [6.45, 7) is 11.0. The summed E-state index contributed by atoms with van der Waals surface area (Å²) in [4.78, 5) is 19.1. The molecule has 2 rings (SSSR count). The van der Waals surface area contributed by atoms with E-state index in [-0.39, 0.29) is 29.9 Å². The number of carbonyl (C=O) groups excluding carboxylic acids is 1. The number of carbonyl (C=O) groups is 1. The van der Waals surface area contributed by atoms with Crippen LogP contribution in [-0.2, 0) is 11.3 Å². The molecule has 2 N–H and O–H groups in total. The van der Waals surface area contributed by atoms with E-state index >= 15 is 0 Å². The van der Waals surface area contributed by atoms with E-state index in [1.165, 1.54) is 6.42 Å². The fourth-order valence-electron chi connectivity index (χ4n) is 3.33. The van der Waals surface area contributed by atoms with Crippen molar-refractivity contribution < 1.29 is 9.53 Å². The van der Waals surface area contributed by atoms with Crippen molar-refractivity contribution in [3.05, 3.63) is 42.5 Å². The molecule has 0 aromatic heterocycles. The monoisotopic (exact) mass is 514 g/mol. The Labute approximate surface area is 192 Å². The largest absolute Gasteiger partial charge is 0.489 e. The molecule has 1 aliphatic rings. The molecule has 1 amide bonds. The molecule has 1 aromatic carbocycles. The van der Waals surface area contributed by atoms with Gasteiger partial charge in [-0.15, -0.1) is 24.0 Å². The van der Waals surface area contributed by atoms with Crippen LogP contribution in [0.15, 0.2) is 41.9 Å². The smallest absolute Gasteiger partial charge is 0.224 e. The molecule has 29 heavy (non-hydrogen) atoms. The van der Waals surface area contributed by atoms with Gasteiger partial charge in [-0.25, -0.2) is 4.99 Å². The van der Waals surface area contributed by atoms with Crippen LogP contribution < -0.4 is 15.4 Å². The molecule has 1 aromatic rings. The maximum atomic E-state index is 12.5. The number of guanidine groups is 1. The molecule has 0 spiro atoms. The van der Waals surface area contributed by atoms with Gasteiger partial charge in [-0.05, 0) is 39.2 Å². The highest BCUT2D eigenvalue weighted by atomic mass is 127. The quantitative estimate of drug-likeness (QED) is 0.228. The van der Waals surface area contributed by atoms with Crippen LogP contribution in [-0.4, -0.2) is 49.0 Å². The lowest BCUT2D eigenvalue weighted by molar-refractivity contribution is -0.134. The van der Waals surface area contributed by atoms with Crippen molar-refractivity contribution in [3.8, 4) is 5.75 Å². The SMILES string of the molecule is C=CCOc1ccccc1CN=C(NCC)NCCC(=O)N1CCCCC1C.I. The third-order valence-electron chi connectivity index (χ3n) is 4.84. The van der Waals surface area contributed by atoms with Crippen molar-refractivity contribution in [2.75, 3.05) is 26.2 Å². The van der Waals surface area contributed by atoms with Gasteiger partial charge in [0.1, 0.15) is 12.4 Å². The predicted octanol–water partition coefficient (Wildman–Crippen LogP) is 3.72. The third-order valence-corrected chi connectivity index (χ3v) is 4.84. The minimum atomic E-state index is 0. The Kier molecular flexibility index (Phi) is 12.4. The highest BCUT2D eigenvalue weighted by Gasteiger charge is 2.22. The molecule has 0 bridgehead atoms. The number of aliphatic imine (C=N–C) groups is 1. The number of piperidine rings is 1. The number of ether oxygens (including phenoxy) is 1. The lowest BCUT2D eigenvalue weighted by Crippen LogP contribution is -2.44. The third kappa shape index (κ3) is 8.64. The average molecular weight is 514 g/mol. The first kappa shape index (κ1) is 25.3. The van der Waals surface area contributed by atoms with Crippen LogP contribution in [0.1, 0.15) is 45.1 Å². The maximum absolute atomic E-state index is 12.5. The summed E-state index contributed by atoms with van der Waals surface area (Å²) in [5, 5.41) is 6.51. The van der Waals surface area contributed by atoms with Crippen LogP contribution in [0.5, 0.6) is 5.75 Å². The number of rotatable bonds is 9. The number of amides is 1. The van der Waals surface area contributed by atoms with Crippen LogP contribution >= 0.6 is 24.0 Å². The number of nitrogens with zero attached hydrogens (tertiary/aromatic N) is 2. The topological polar surface area (TPSA) is 66.0 Å². The molecule has 0 aliphatic carbocycles. The van der Waals surface area contributed by atoms with Gasteiger partial charge in [0, 0.05) is 37.7 Å². The molecule has 0 radical (unpaired) electrons. The summed E-state index contributed by atoms with van der Waals surface area (Å²) < 4.78 is 5.69. The fourth-order valence-corrected chi connectivity index (χ4v) is 3.33. The number of likely N-dealkylation sites (tertiary alicyclic amines) is 1. The van der Waals surface area contributed by atoms with Crippen LogP contribution in [0.3, 0.4) is 0 Å². The highest BCUT2D eigenvalue weighted by Crippen LogP contribution is 2.19. The zero-order chi connectivity index (χ0) is 20.2. The summed E-state index contributed by atoms with van der Waals surface area (Å²) in [6, 6.07) is 8.22. The lowest BCUT2D eigenvalue weighted by atomic mass is 10.0. The van der Waals surface area contributed by atoms with Crippen LogP contribution in [0, 0.1) is 0 Å². The summed E-state index contributed by atoms with van der Waals surface area (Å²) in [5.74, 6) is 1.75. The Hall–Kier alpha value is -1.77. The first-order valence-electron chi connectivity index (χ1n) is 10.3. The summed E-state index contributed by atoms with van der Waals surface area (Å²) >= 11 is 0. The van der Waals surface area contributed by atoms with Gasteiger partial charge >= 0.3 is 0 Å². The standard InChI is InChI=1S/C22H34N4O2.HI/c1-4-16-28-20-12-7-6-11-19(20)17-25-22(23-5-2)24-14-13-21(27)26-15-9-8-10-18(26)3;/h4,6-7,11-12,18H,1,5,8-10,13-17H2,2-3H3,(H2,23,24,25);1H. The van der Waals surface area contributed by atoms with Gasteiger partial charge in [0.2, 0.25) is 5.91 Å². The minimum Gasteiger partial charge on any atom is -0.489 e. The van der Waals surface area contributed by atoms with E-state index in [1.54, 1.807) is 6.08 Å². The molecule has 1 aliphatic heterocycles. The first-order chi connectivity index (χ1) is 13.7. The summed E-state index contributed by atoms with van der Waals surface area (Å²) in [6.07, 6.45) is 5.65. The first-order valence-corrected chi connectivity index (χ1v) is 10.3. The van der Waals surface area contributed by atoms with Crippen LogP contribution in [0.25, 0.3) is 0 Å². The van der Waals surface area contributed by atoms with Gasteiger partial charge in [0.15, 0.2) is 5.96 Å². The van der Waals surface area contributed by atoms with Crippen LogP contribution in [0.2, 0.25) is 0 Å². The van der Waals surface area contributed by atoms with Gasteiger partial charge in [0.05, 0.1) is 6.54 Å². The number of halogens is 1.